The van der Waals surface area contributed by atoms with Crippen LogP contribution in [0.5, 0.6) is 17.2 Å². The third-order valence-corrected chi connectivity index (χ3v) is 5.66. The van der Waals surface area contributed by atoms with E-state index in [1.807, 2.05) is 18.2 Å². The molecule has 0 saturated heterocycles. The van der Waals surface area contributed by atoms with Gasteiger partial charge in [-0.2, -0.15) is 0 Å². The van der Waals surface area contributed by atoms with Gasteiger partial charge < -0.3 is 18.6 Å². The number of ether oxygens (including phenoxy) is 3. The zero-order valence-electron chi connectivity index (χ0n) is 16.9. The molecule has 1 heterocycles. The van der Waals surface area contributed by atoms with Gasteiger partial charge in [-0.15, -0.1) is 0 Å². The van der Waals surface area contributed by atoms with Crippen molar-refractivity contribution < 1.29 is 18.6 Å². The molecule has 0 atom stereocenters. The zero-order chi connectivity index (χ0) is 20.2. The van der Waals surface area contributed by atoms with E-state index in [9.17, 15) is 4.79 Å². The maximum atomic E-state index is 13.3. The molecular weight excluding hydrogens is 368 g/mol. The van der Waals surface area contributed by atoms with E-state index in [1.54, 1.807) is 32.4 Å². The van der Waals surface area contributed by atoms with E-state index in [2.05, 4.69) is 0 Å². The molecule has 0 spiro atoms. The molecule has 0 aliphatic heterocycles. The number of hydrogen-bond acceptors (Lipinski definition) is 5. The van der Waals surface area contributed by atoms with Gasteiger partial charge in [-0.25, -0.2) is 0 Å². The third kappa shape index (κ3) is 3.95. The van der Waals surface area contributed by atoms with Gasteiger partial charge in [0, 0.05) is 0 Å². The van der Waals surface area contributed by atoms with Gasteiger partial charge in [0.05, 0.1) is 26.4 Å². The van der Waals surface area contributed by atoms with Gasteiger partial charge >= 0.3 is 0 Å². The van der Waals surface area contributed by atoms with Crippen molar-refractivity contribution in [2.24, 2.45) is 5.92 Å². The fourth-order valence-corrected chi connectivity index (χ4v) is 4.03. The SMILES string of the molecule is COc1ccc(-c2coc3cccc(OCC4CCCCC4)c3c2=O)cc1OC. The summed E-state index contributed by atoms with van der Waals surface area (Å²) in [6.07, 6.45) is 7.71. The number of fused-ring (bicyclic) bond motifs is 1. The monoisotopic (exact) mass is 394 g/mol. The molecule has 29 heavy (non-hydrogen) atoms. The summed E-state index contributed by atoms with van der Waals surface area (Å²) in [6.45, 7) is 0.638. The predicted molar refractivity (Wildman–Crippen MR) is 113 cm³/mol. The second kappa shape index (κ2) is 8.60. The van der Waals surface area contributed by atoms with Crippen molar-refractivity contribution in [3.8, 4) is 28.4 Å². The van der Waals surface area contributed by atoms with E-state index in [0.717, 1.165) is 0 Å². The lowest BCUT2D eigenvalue weighted by atomic mass is 9.90. The molecular formula is C24H26O5. The lowest BCUT2D eigenvalue weighted by Gasteiger charge is -2.22. The first-order chi connectivity index (χ1) is 14.2. The molecule has 0 unspecified atom stereocenters. The second-order valence-corrected chi connectivity index (χ2v) is 7.49. The topological polar surface area (TPSA) is 57.9 Å². The fraction of sp³-hybridized carbons (Fsp3) is 0.375. The molecule has 1 aliphatic rings. The maximum absolute atomic E-state index is 13.3. The lowest BCUT2D eigenvalue weighted by molar-refractivity contribution is 0.210. The van der Waals surface area contributed by atoms with Crippen molar-refractivity contribution in [3.05, 3.63) is 52.9 Å². The normalized spacial score (nSPS) is 14.7. The number of hydrogen-bond donors (Lipinski definition) is 0. The minimum absolute atomic E-state index is 0.113. The maximum Gasteiger partial charge on any atom is 0.204 e. The van der Waals surface area contributed by atoms with Crippen LogP contribution in [0.25, 0.3) is 22.1 Å². The summed E-state index contributed by atoms with van der Waals surface area (Å²) in [7, 11) is 3.15. The van der Waals surface area contributed by atoms with Crippen molar-refractivity contribution in [1.29, 1.82) is 0 Å². The number of rotatable bonds is 6. The van der Waals surface area contributed by atoms with E-state index in [-0.39, 0.29) is 5.43 Å². The first-order valence-electron chi connectivity index (χ1n) is 10.1. The molecule has 0 bridgehead atoms. The summed E-state index contributed by atoms with van der Waals surface area (Å²) in [5.41, 5.74) is 1.59. The quantitative estimate of drug-likeness (QED) is 0.557. The van der Waals surface area contributed by atoms with E-state index in [0.29, 0.717) is 51.9 Å². The molecule has 1 fully saturated rings. The minimum atomic E-state index is -0.113. The molecule has 5 nitrogen and oxygen atoms in total. The van der Waals surface area contributed by atoms with Crippen LogP contribution in [0, 0.1) is 5.92 Å². The molecule has 4 rings (SSSR count). The van der Waals surface area contributed by atoms with Crippen molar-refractivity contribution in [3.63, 3.8) is 0 Å². The smallest absolute Gasteiger partial charge is 0.204 e. The predicted octanol–water partition coefficient (Wildman–Crippen LogP) is 5.44. The lowest BCUT2D eigenvalue weighted by Crippen LogP contribution is -2.16. The van der Waals surface area contributed by atoms with Crippen LogP contribution in [0.4, 0.5) is 0 Å². The van der Waals surface area contributed by atoms with Gasteiger partial charge in [0.1, 0.15) is 23.0 Å². The molecule has 3 aromatic rings. The van der Waals surface area contributed by atoms with Crippen LogP contribution in [0.1, 0.15) is 32.1 Å². The van der Waals surface area contributed by atoms with Crippen LogP contribution in [0.2, 0.25) is 0 Å². The Morgan fingerprint density at radius 1 is 0.966 bits per heavy atom. The van der Waals surface area contributed by atoms with Gasteiger partial charge in [0.15, 0.2) is 11.5 Å². The average molecular weight is 394 g/mol. The molecule has 5 heteroatoms. The molecule has 1 aromatic heterocycles. The average Bonchev–Trinajstić information content (AvgIpc) is 2.78. The van der Waals surface area contributed by atoms with E-state index in [1.165, 1.54) is 38.4 Å². The Kier molecular flexibility index (Phi) is 5.74. The Morgan fingerprint density at radius 3 is 2.52 bits per heavy atom. The summed E-state index contributed by atoms with van der Waals surface area (Å²) in [6, 6.07) is 10.9. The highest BCUT2D eigenvalue weighted by atomic mass is 16.5. The van der Waals surface area contributed by atoms with Crippen LogP contribution in [-0.2, 0) is 0 Å². The Morgan fingerprint density at radius 2 is 1.76 bits per heavy atom. The standard InChI is InChI=1S/C24H26O5/c1-26-19-12-11-17(13-22(19)27-2)18-15-29-21-10-6-9-20(23(21)24(18)25)28-14-16-7-4-3-5-8-16/h6,9-13,15-16H,3-5,7-8,14H2,1-2H3. The molecule has 1 aliphatic carbocycles. The first-order valence-corrected chi connectivity index (χ1v) is 10.1. The Balaban J connectivity index is 1.72. The van der Waals surface area contributed by atoms with E-state index in [4.69, 9.17) is 18.6 Å². The molecule has 152 valence electrons. The summed E-state index contributed by atoms with van der Waals surface area (Å²) >= 11 is 0. The van der Waals surface area contributed by atoms with Crippen LogP contribution in [0.3, 0.4) is 0 Å². The highest BCUT2D eigenvalue weighted by Crippen LogP contribution is 2.33. The third-order valence-electron chi connectivity index (χ3n) is 5.66. The van der Waals surface area contributed by atoms with Crippen LogP contribution >= 0.6 is 0 Å². The van der Waals surface area contributed by atoms with Gasteiger partial charge in [-0.3, -0.25) is 4.79 Å². The Hall–Kier alpha value is -2.95. The molecule has 0 amide bonds. The largest absolute Gasteiger partial charge is 0.493 e. The summed E-state index contributed by atoms with van der Waals surface area (Å²) in [4.78, 5) is 13.3. The Bertz CT molecular complexity index is 1050. The summed E-state index contributed by atoms with van der Waals surface area (Å²) < 4.78 is 22.6. The first kappa shape index (κ1) is 19.4. The zero-order valence-corrected chi connectivity index (χ0v) is 16.9. The Labute approximate surface area is 170 Å². The van der Waals surface area contributed by atoms with Crippen LogP contribution in [-0.4, -0.2) is 20.8 Å². The van der Waals surface area contributed by atoms with Gasteiger partial charge in [0.2, 0.25) is 5.43 Å². The number of benzene rings is 2. The molecule has 1 saturated carbocycles. The summed E-state index contributed by atoms with van der Waals surface area (Å²) in [5, 5.41) is 0.482. The van der Waals surface area contributed by atoms with Crippen molar-refractivity contribution >= 4 is 11.0 Å². The number of methoxy groups -OCH3 is 2. The van der Waals surface area contributed by atoms with Crippen molar-refractivity contribution in [2.75, 3.05) is 20.8 Å². The molecule has 2 aromatic carbocycles. The van der Waals surface area contributed by atoms with E-state index < -0.39 is 0 Å². The minimum Gasteiger partial charge on any atom is -0.493 e. The molecule has 0 radical (unpaired) electrons. The van der Waals surface area contributed by atoms with E-state index >= 15 is 0 Å². The van der Waals surface area contributed by atoms with Crippen molar-refractivity contribution in [1.82, 2.24) is 0 Å². The second-order valence-electron chi connectivity index (χ2n) is 7.49. The highest BCUT2D eigenvalue weighted by molar-refractivity contribution is 5.87. The van der Waals surface area contributed by atoms with Gasteiger partial charge in [-0.05, 0) is 48.6 Å². The van der Waals surface area contributed by atoms with Gasteiger partial charge in [-0.1, -0.05) is 31.4 Å². The van der Waals surface area contributed by atoms with Crippen molar-refractivity contribution in [2.45, 2.75) is 32.1 Å². The highest BCUT2D eigenvalue weighted by Gasteiger charge is 2.18. The fourth-order valence-electron chi connectivity index (χ4n) is 4.03. The molecule has 0 N–H and O–H groups in total. The van der Waals surface area contributed by atoms with Crippen LogP contribution in [0.15, 0.2) is 51.9 Å². The van der Waals surface area contributed by atoms with Crippen LogP contribution < -0.4 is 19.6 Å². The van der Waals surface area contributed by atoms with Gasteiger partial charge in [0.25, 0.3) is 0 Å². The summed E-state index contributed by atoms with van der Waals surface area (Å²) in [5.74, 6) is 2.31.